The van der Waals surface area contributed by atoms with Crippen LogP contribution in [0.2, 0.25) is 0 Å². The number of benzene rings is 1. The van der Waals surface area contributed by atoms with Gasteiger partial charge >= 0.3 is 5.97 Å². The first-order valence-electron chi connectivity index (χ1n) is 6.35. The van der Waals surface area contributed by atoms with E-state index in [-0.39, 0.29) is 11.0 Å². The van der Waals surface area contributed by atoms with Crippen LogP contribution in [0.1, 0.15) is 30.1 Å². The minimum atomic E-state index is -0.913. The first-order chi connectivity index (χ1) is 9.00. The highest BCUT2D eigenvalue weighted by molar-refractivity contribution is 9.10. The van der Waals surface area contributed by atoms with Crippen LogP contribution in [0.15, 0.2) is 22.7 Å². The minimum Gasteiger partial charge on any atom is -0.478 e. The molecular formula is C14H18BrNO3. The Morgan fingerprint density at radius 1 is 1.47 bits per heavy atom. The molecule has 19 heavy (non-hydrogen) atoms. The molecule has 1 aromatic carbocycles. The molecule has 0 radical (unpaired) electrons. The molecule has 0 spiro atoms. The predicted octanol–water partition coefficient (Wildman–Crippen LogP) is 3.38. The van der Waals surface area contributed by atoms with Gasteiger partial charge < -0.3 is 15.2 Å². The van der Waals surface area contributed by atoms with Crippen LogP contribution in [0.25, 0.3) is 0 Å². The summed E-state index contributed by atoms with van der Waals surface area (Å²) < 4.78 is 6.16. The van der Waals surface area contributed by atoms with Gasteiger partial charge in [0.2, 0.25) is 0 Å². The van der Waals surface area contributed by atoms with Crippen molar-refractivity contribution in [2.45, 2.75) is 19.8 Å². The lowest BCUT2D eigenvalue weighted by atomic mass is 9.82. The molecule has 2 N–H and O–H groups in total. The molecule has 1 aromatic rings. The summed E-state index contributed by atoms with van der Waals surface area (Å²) in [4.78, 5) is 10.9. The first kappa shape index (κ1) is 14.3. The van der Waals surface area contributed by atoms with Crippen molar-refractivity contribution in [1.82, 2.24) is 0 Å². The molecule has 0 bridgehead atoms. The number of hydrogen-bond donors (Lipinski definition) is 2. The molecule has 104 valence electrons. The van der Waals surface area contributed by atoms with Crippen molar-refractivity contribution >= 4 is 27.6 Å². The van der Waals surface area contributed by atoms with E-state index in [4.69, 9.17) is 9.84 Å². The molecule has 5 heteroatoms. The topological polar surface area (TPSA) is 58.6 Å². The van der Waals surface area contributed by atoms with E-state index < -0.39 is 5.97 Å². The Balaban J connectivity index is 2.01. The predicted molar refractivity (Wildman–Crippen MR) is 77.8 cm³/mol. The fourth-order valence-electron chi connectivity index (χ4n) is 2.14. The fraction of sp³-hybridized carbons (Fsp3) is 0.500. The second-order valence-corrected chi connectivity index (χ2v) is 6.13. The number of carboxylic acids is 1. The highest BCUT2D eigenvalue weighted by Gasteiger charge is 2.27. The van der Waals surface area contributed by atoms with E-state index in [2.05, 4.69) is 28.2 Å². The number of hydrogen-bond acceptors (Lipinski definition) is 3. The van der Waals surface area contributed by atoms with Gasteiger partial charge in [0.1, 0.15) is 0 Å². The molecule has 0 atom stereocenters. The molecule has 0 unspecified atom stereocenters. The van der Waals surface area contributed by atoms with E-state index in [0.717, 1.165) is 42.8 Å². The van der Waals surface area contributed by atoms with Crippen LogP contribution >= 0.6 is 15.9 Å². The Morgan fingerprint density at radius 3 is 2.74 bits per heavy atom. The third-order valence-corrected chi connectivity index (χ3v) is 4.28. The Hall–Kier alpha value is -1.07. The van der Waals surface area contributed by atoms with Crippen molar-refractivity contribution in [3.63, 3.8) is 0 Å². The summed E-state index contributed by atoms with van der Waals surface area (Å²) in [6.45, 7) is 4.75. The molecule has 0 amide bonds. The van der Waals surface area contributed by atoms with Crippen LogP contribution in [0.5, 0.6) is 0 Å². The number of nitrogens with one attached hydrogen (secondary N) is 1. The van der Waals surface area contributed by atoms with E-state index >= 15 is 0 Å². The standard InChI is InChI=1S/C14H18BrNO3/c1-14(4-6-19-7-5-14)9-16-12-3-2-10(13(17)18)8-11(12)15/h2-3,8,16H,4-7,9H2,1H3,(H,17,18). The monoisotopic (exact) mass is 327 g/mol. The third-order valence-electron chi connectivity index (χ3n) is 3.62. The number of halogens is 1. The molecule has 1 aliphatic heterocycles. The maximum absolute atomic E-state index is 10.9. The first-order valence-corrected chi connectivity index (χ1v) is 7.14. The Kier molecular flexibility index (Phi) is 4.47. The molecule has 1 saturated heterocycles. The van der Waals surface area contributed by atoms with Crippen molar-refractivity contribution in [2.24, 2.45) is 5.41 Å². The minimum absolute atomic E-state index is 0.239. The quantitative estimate of drug-likeness (QED) is 0.890. The lowest BCUT2D eigenvalue weighted by molar-refractivity contribution is 0.0300. The van der Waals surface area contributed by atoms with Gasteiger partial charge in [-0.2, -0.15) is 0 Å². The van der Waals surface area contributed by atoms with Gasteiger partial charge in [-0.15, -0.1) is 0 Å². The van der Waals surface area contributed by atoms with Crippen molar-refractivity contribution in [2.75, 3.05) is 25.1 Å². The number of rotatable bonds is 4. The van der Waals surface area contributed by atoms with Gasteiger partial charge in [-0.3, -0.25) is 0 Å². The van der Waals surface area contributed by atoms with Gasteiger partial charge in [0.15, 0.2) is 0 Å². The van der Waals surface area contributed by atoms with Gasteiger partial charge in [-0.25, -0.2) is 4.79 Å². The van der Waals surface area contributed by atoms with Crippen LogP contribution in [0.3, 0.4) is 0 Å². The molecule has 1 fully saturated rings. The number of ether oxygens (including phenoxy) is 1. The Labute approximate surface area is 121 Å². The number of carboxylic acid groups (broad SMARTS) is 1. The zero-order chi connectivity index (χ0) is 13.9. The van der Waals surface area contributed by atoms with E-state index in [1.54, 1.807) is 18.2 Å². The van der Waals surface area contributed by atoms with Crippen molar-refractivity contribution in [3.8, 4) is 0 Å². The largest absolute Gasteiger partial charge is 0.478 e. The van der Waals surface area contributed by atoms with Crippen molar-refractivity contribution in [1.29, 1.82) is 0 Å². The van der Waals surface area contributed by atoms with Gasteiger partial charge in [0.25, 0.3) is 0 Å². The third kappa shape index (κ3) is 3.70. The molecule has 0 saturated carbocycles. The highest BCUT2D eigenvalue weighted by Crippen LogP contribution is 2.31. The van der Waals surface area contributed by atoms with Crippen LogP contribution in [-0.4, -0.2) is 30.8 Å². The maximum Gasteiger partial charge on any atom is 0.335 e. The summed E-state index contributed by atoms with van der Waals surface area (Å²) >= 11 is 3.41. The number of carbonyl (C=O) groups is 1. The molecule has 2 rings (SSSR count). The second kappa shape index (κ2) is 5.92. The van der Waals surface area contributed by atoms with Gasteiger partial charge in [-0.1, -0.05) is 6.92 Å². The number of aromatic carboxylic acids is 1. The van der Waals surface area contributed by atoms with Gasteiger partial charge in [0.05, 0.1) is 5.56 Å². The van der Waals surface area contributed by atoms with Crippen molar-refractivity contribution < 1.29 is 14.6 Å². The van der Waals surface area contributed by atoms with Crippen LogP contribution in [-0.2, 0) is 4.74 Å². The lowest BCUT2D eigenvalue weighted by Gasteiger charge is -2.34. The average Bonchev–Trinajstić information content (AvgIpc) is 2.38. The SMILES string of the molecule is CC1(CNc2ccc(C(=O)O)cc2Br)CCOCC1. The zero-order valence-electron chi connectivity index (χ0n) is 10.9. The average molecular weight is 328 g/mol. The summed E-state index contributed by atoms with van der Waals surface area (Å²) in [5, 5.41) is 12.3. The Morgan fingerprint density at radius 2 is 2.16 bits per heavy atom. The van der Waals surface area contributed by atoms with Crippen LogP contribution in [0, 0.1) is 5.41 Å². The summed E-state index contributed by atoms with van der Waals surface area (Å²) in [5.41, 5.74) is 1.45. The fourth-order valence-corrected chi connectivity index (χ4v) is 2.66. The summed E-state index contributed by atoms with van der Waals surface area (Å²) in [5.74, 6) is -0.913. The van der Waals surface area contributed by atoms with E-state index in [1.165, 1.54) is 0 Å². The second-order valence-electron chi connectivity index (χ2n) is 5.28. The lowest BCUT2D eigenvalue weighted by Crippen LogP contribution is -2.33. The normalized spacial score (nSPS) is 18.0. The summed E-state index contributed by atoms with van der Waals surface area (Å²) in [6, 6.07) is 5.04. The van der Waals surface area contributed by atoms with E-state index in [0.29, 0.717) is 0 Å². The molecule has 1 aliphatic rings. The zero-order valence-corrected chi connectivity index (χ0v) is 12.5. The molecule has 0 aromatic heterocycles. The maximum atomic E-state index is 10.9. The van der Waals surface area contributed by atoms with Gasteiger partial charge in [0, 0.05) is 29.9 Å². The van der Waals surface area contributed by atoms with Gasteiger partial charge in [-0.05, 0) is 52.4 Å². The van der Waals surface area contributed by atoms with Crippen LogP contribution < -0.4 is 5.32 Å². The van der Waals surface area contributed by atoms with E-state index in [1.807, 2.05) is 0 Å². The summed E-state index contributed by atoms with van der Waals surface area (Å²) in [6.07, 6.45) is 2.09. The van der Waals surface area contributed by atoms with Crippen molar-refractivity contribution in [3.05, 3.63) is 28.2 Å². The summed E-state index contributed by atoms with van der Waals surface area (Å²) in [7, 11) is 0. The molecular weight excluding hydrogens is 310 g/mol. The molecule has 0 aliphatic carbocycles. The molecule has 4 nitrogen and oxygen atoms in total. The Bertz CT molecular complexity index is 470. The highest BCUT2D eigenvalue weighted by atomic mass is 79.9. The smallest absolute Gasteiger partial charge is 0.335 e. The molecule has 1 heterocycles. The number of anilines is 1. The van der Waals surface area contributed by atoms with Crippen LogP contribution in [0.4, 0.5) is 5.69 Å². The van der Waals surface area contributed by atoms with E-state index in [9.17, 15) is 4.79 Å².